The van der Waals surface area contributed by atoms with Crippen LogP contribution >= 0.6 is 11.3 Å². The maximum atomic E-state index is 13.0. The minimum absolute atomic E-state index is 0.0169. The molecule has 6 nitrogen and oxygen atoms in total. The molecule has 0 fully saturated rings. The monoisotopic (exact) mass is 402 g/mol. The van der Waals surface area contributed by atoms with Crippen LogP contribution in [0.15, 0.2) is 52.9 Å². The number of thiophene rings is 1. The summed E-state index contributed by atoms with van der Waals surface area (Å²) in [6.45, 7) is 0.637. The molecule has 0 amide bonds. The third-order valence-electron chi connectivity index (χ3n) is 4.72. The number of esters is 1. The number of hydrogen-bond acceptors (Lipinski definition) is 5. The molecule has 1 aromatic carbocycles. The van der Waals surface area contributed by atoms with Gasteiger partial charge in [0.1, 0.15) is 9.77 Å². The van der Waals surface area contributed by atoms with E-state index in [4.69, 9.17) is 4.74 Å². The van der Waals surface area contributed by atoms with E-state index in [0.29, 0.717) is 13.0 Å². The van der Waals surface area contributed by atoms with Crippen LogP contribution in [0.5, 0.6) is 0 Å². The lowest BCUT2D eigenvalue weighted by Gasteiger charge is -2.25. The number of sulfonamides is 1. The zero-order valence-corrected chi connectivity index (χ0v) is 16.3. The van der Waals surface area contributed by atoms with Gasteiger partial charge in [0.05, 0.1) is 7.11 Å². The Morgan fingerprint density at radius 1 is 1.26 bits per heavy atom. The number of ether oxygens (including phenoxy) is 1. The van der Waals surface area contributed by atoms with Crippen molar-refractivity contribution in [3.8, 4) is 0 Å². The molecule has 0 unspecified atom stereocenters. The Morgan fingerprint density at radius 3 is 2.81 bits per heavy atom. The lowest BCUT2D eigenvalue weighted by Crippen LogP contribution is -2.35. The standard InChI is InChI=1S/C19H18N2O4S2/c1-25-19(22)18-17(8-11-26-18)27(23,24)21-9-6-13(7-10-21)15-12-20-16-5-3-2-4-14(15)16/h2-6,8,11-12,20H,7,9-10H2,1H3. The molecule has 0 saturated heterocycles. The van der Waals surface area contributed by atoms with E-state index in [1.807, 2.05) is 30.5 Å². The number of carbonyl (C=O) groups excluding carboxylic acids is 1. The highest BCUT2D eigenvalue weighted by molar-refractivity contribution is 7.89. The Labute approximate surface area is 161 Å². The molecule has 1 aliphatic rings. The number of nitrogens with zero attached hydrogens (tertiary/aromatic N) is 1. The second kappa shape index (κ2) is 6.95. The lowest BCUT2D eigenvalue weighted by molar-refractivity contribution is 0.0602. The number of fused-ring (bicyclic) bond motifs is 1. The second-order valence-corrected chi connectivity index (χ2v) is 9.02. The third-order valence-corrected chi connectivity index (χ3v) is 7.66. The highest BCUT2D eigenvalue weighted by Crippen LogP contribution is 2.32. The molecular formula is C19H18N2O4S2. The van der Waals surface area contributed by atoms with Gasteiger partial charge in [-0.05, 0) is 29.5 Å². The largest absolute Gasteiger partial charge is 0.465 e. The van der Waals surface area contributed by atoms with Gasteiger partial charge < -0.3 is 9.72 Å². The number of H-pyrrole nitrogens is 1. The molecule has 0 aliphatic carbocycles. The maximum Gasteiger partial charge on any atom is 0.349 e. The van der Waals surface area contributed by atoms with Crippen molar-refractivity contribution >= 4 is 43.8 Å². The van der Waals surface area contributed by atoms with Crippen molar-refractivity contribution in [3.05, 3.63) is 58.4 Å². The van der Waals surface area contributed by atoms with Crippen LogP contribution in [0.25, 0.3) is 16.5 Å². The van der Waals surface area contributed by atoms with Crippen LogP contribution in [0, 0.1) is 0 Å². The Hall–Kier alpha value is -2.42. The fraction of sp³-hybridized carbons (Fsp3) is 0.211. The molecular weight excluding hydrogens is 384 g/mol. The van der Waals surface area contributed by atoms with Gasteiger partial charge in [-0.1, -0.05) is 24.3 Å². The van der Waals surface area contributed by atoms with Crippen molar-refractivity contribution in [2.45, 2.75) is 11.3 Å². The summed E-state index contributed by atoms with van der Waals surface area (Å²) in [5, 5.41) is 2.72. The summed E-state index contributed by atoms with van der Waals surface area (Å²) >= 11 is 1.07. The van der Waals surface area contributed by atoms with Gasteiger partial charge in [0.25, 0.3) is 0 Å². The first-order valence-corrected chi connectivity index (χ1v) is 10.8. The van der Waals surface area contributed by atoms with Gasteiger partial charge in [0, 0.05) is 35.8 Å². The number of carbonyl (C=O) groups is 1. The summed E-state index contributed by atoms with van der Waals surface area (Å²) in [6, 6.07) is 9.50. The van der Waals surface area contributed by atoms with Crippen LogP contribution in [0.3, 0.4) is 0 Å². The number of rotatable bonds is 4. The van der Waals surface area contributed by atoms with Crippen LogP contribution < -0.4 is 0 Å². The van der Waals surface area contributed by atoms with Crippen LogP contribution in [-0.2, 0) is 14.8 Å². The third kappa shape index (κ3) is 3.09. The first-order valence-electron chi connectivity index (χ1n) is 8.44. The van der Waals surface area contributed by atoms with Crippen molar-refractivity contribution in [1.82, 2.24) is 9.29 Å². The van der Waals surface area contributed by atoms with E-state index in [9.17, 15) is 13.2 Å². The Balaban J connectivity index is 1.62. The van der Waals surface area contributed by atoms with E-state index in [2.05, 4.69) is 11.1 Å². The van der Waals surface area contributed by atoms with Crippen LogP contribution in [0.4, 0.5) is 0 Å². The maximum absolute atomic E-state index is 13.0. The number of nitrogens with one attached hydrogen (secondary N) is 1. The van der Waals surface area contributed by atoms with Gasteiger partial charge in [0.15, 0.2) is 0 Å². The van der Waals surface area contributed by atoms with Gasteiger partial charge in [-0.2, -0.15) is 4.31 Å². The fourth-order valence-corrected chi connectivity index (χ4v) is 6.02. The minimum atomic E-state index is -3.75. The van der Waals surface area contributed by atoms with Crippen molar-refractivity contribution in [2.75, 3.05) is 20.2 Å². The minimum Gasteiger partial charge on any atom is -0.465 e. The SMILES string of the molecule is COC(=O)c1sccc1S(=O)(=O)N1CC=C(c2c[nH]c3ccccc23)CC1. The second-order valence-electron chi connectivity index (χ2n) is 6.20. The zero-order valence-electron chi connectivity index (χ0n) is 14.6. The Morgan fingerprint density at radius 2 is 2.07 bits per heavy atom. The van der Waals surface area contributed by atoms with Gasteiger partial charge in [-0.3, -0.25) is 0 Å². The summed E-state index contributed by atoms with van der Waals surface area (Å²) < 4.78 is 32.1. The van der Waals surface area contributed by atoms with Crippen molar-refractivity contribution in [1.29, 1.82) is 0 Å². The topological polar surface area (TPSA) is 79.5 Å². The van der Waals surface area contributed by atoms with Gasteiger partial charge in [-0.25, -0.2) is 13.2 Å². The van der Waals surface area contributed by atoms with Gasteiger partial charge in [-0.15, -0.1) is 11.3 Å². The van der Waals surface area contributed by atoms with E-state index in [-0.39, 0.29) is 16.3 Å². The van der Waals surface area contributed by atoms with E-state index < -0.39 is 16.0 Å². The normalized spacial score (nSPS) is 15.7. The summed E-state index contributed by atoms with van der Waals surface area (Å²) in [5.74, 6) is -0.629. The molecule has 0 bridgehead atoms. The number of benzene rings is 1. The van der Waals surface area contributed by atoms with E-state index in [0.717, 1.165) is 33.4 Å². The molecule has 27 heavy (non-hydrogen) atoms. The molecule has 3 heterocycles. The number of hydrogen-bond donors (Lipinski definition) is 1. The van der Waals surface area contributed by atoms with Crippen LogP contribution in [0.2, 0.25) is 0 Å². The number of para-hydroxylation sites is 1. The summed E-state index contributed by atoms with van der Waals surface area (Å²) in [7, 11) is -2.50. The molecule has 2 aromatic heterocycles. The van der Waals surface area contributed by atoms with E-state index in [1.54, 1.807) is 5.38 Å². The van der Waals surface area contributed by atoms with Crippen LogP contribution in [0.1, 0.15) is 21.7 Å². The zero-order chi connectivity index (χ0) is 19.0. The molecule has 0 spiro atoms. The van der Waals surface area contributed by atoms with E-state index >= 15 is 0 Å². The molecule has 1 N–H and O–H groups in total. The van der Waals surface area contributed by atoms with Gasteiger partial charge in [0.2, 0.25) is 10.0 Å². The number of aromatic nitrogens is 1. The smallest absolute Gasteiger partial charge is 0.349 e. The molecule has 3 aromatic rings. The predicted molar refractivity (Wildman–Crippen MR) is 105 cm³/mol. The first kappa shape index (κ1) is 18.0. The molecule has 0 radical (unpaired) electrons. The van der Waals surface area contributed by atoms with E-state index in [1.165, 1.54) is 17.5 Å². The molecule has 4 rings (SSSR count). The number of aromatic amines is 1. The average molecular weight is 402 g/mol. The Kier molecular flexibility index (Phi) is 4.63. The van der Waals surface area contributed by atoms with Crippen LogP contribution in [-0.4, -0.2) is 43.9 Å². The summed E-state index contributed by atoms with van der Waals surface area (Å²) in [4.78, 5) is 15.2. The average Bonchev–Trinajstić information content (AvgIpc) is 3.35. The summed E-state index contributed by atoms with van der Waals surface area (Å²) in [6.07, 6.45) is 4.52. The predicted octanol–water partition coefficient (Wildman–Crippen LogP) is 3.49. The Bertz CT molecular complexity index is 1140. The molecule has 8 heteroatoms. The summed E-state index contributed by atoms with van der Waals surface area (Å²) in [5.41, 5.74) is 3.29. The highest BCUT2D eigenvalue weighted by Gasteiger charge is 2.31. The fourth-order valence-electron chi connectivity index (χ4n) is 3.33. The molecule has 1 aliphatic heterocycles. The van der Waals surface area contributed by atoms with Crippen molar-refractivity contribution < 1.29 is 17.9 Å². The highest BCUT2D eigenvalue weighted by atomic mass is 32.2. The quantitative estimate of drug-likeness (QED) is 0.678. The molecule has 140 valence electrons. The van der Waals surface area contributed by atoms with Crippen molar-refractivity contribution in [3.63, 3.8) is 0 Å². The molecule has 0 saturated carbocycles. The van der Waals surface area contributed by atoms with Gasteiger partial charge >= 0.3 is 5.97 Å². The molecule has 0 atom stereocenters. The number of methoxy groups -OCH3 is 1. The van der Waals surface area contributed by atoms with Crippen molar-refractivity contribution in [2.24, 2.45) is 0 Å². The lowest BCUT2D eigenvalue weighted by atomic mass is 10.00. The first-order chi connectivity index (χ1) is 13.0.